The summed E-state index contributed by atoms with van der Waals surface area (Å²) in [4.78, 5) is 0. The molecule has 4 nitrogen and oxygen atoms in total. The first kappa shape index (κ1) is 34.0. The van der Waals surface area contributed by atoms with Crippen LogP contribution in [0.4, 0.5) is 0 Å². The van der Waals surface area contributed by atoms with Gasteiger partial charge in [0, 0.05) is 23.9 Å². The van der Waals surface area contributed by atoms with Gasteiger partial charge in [0.1, 0.15) is 36.9 Å². The summed E-state index contributed by atoms with van der Waals surface area (Å²) in [6, 6.07) is 8.38. The predicted molar refractivity (Wildman–Crippen MR) is 174 cm³/mol. The number of benzene rings is 2. The Labute approximate surface area is 272 Å². The quantitative estimate of drug-likeness (QED) is 0.157. The van der Waals surface area contributed by atoms with Crippen molar-refractivity contribution in [1.29, 1.82) is 0 Å². The van der Waals surface area contributed by atoms with Crippen molar-refractivity contribution in [2.24, 2.45) is 11.8 Å². The normalized spacial score (nSPS) is 13.3. The molecule has 0 aliphatic heterocycles. The monoisotopic (exact) mass is 896 g/mol. The van der Waals surface area contributed by atoms with Crippen LogP contribution in [0.3, 0.4) is 0 Å². The molecule has 2 rings (SSSR count). The van der Waals surface area contributed by atoms with Crippen LogP contribution in [0.5, 0.6) is 11.5 Å². The molecule has 208 valence electrons. The number of halogens is 6. The van der Waals surface area contributed by atoms with E-state index in [1.807, 2.05) is 0 Å². The predicted octanol–water partition coefficient (Wildman–Crippen LogP) is 9.96. The van der Waals surface area contributed by atoms with Crippen LogP contribution in [0.15, 0.2) is 42.2 Å². The highest BCUT2D eigenvalue weighted by Crippen LogP contribution is 2.38. The molecule has 0 aliphatic carbocycles. The summed E-state index contributed by atoms with van der Waals surface area (Å²) in [6.07, 6.45) is 0.726. The summed E-state index contributed by atoms with van der Waals surface area (Å²) in [6.45, 7) is 10.9. The summed E-state index contributed by atoms with van der Waals surface area (Å²) < 4.78 is 27.6. The molecular formula is C27H34Br6O4. The fourth-order valence-corrected chi connectivity index (χ4v) is 6.99. The molecule has 37 heavy (non-hydrogen) atoms. The zero-order valence-electron chi connectivity index (χ0n) is 21.5. The lowest BCUT2D eigenvalue weighted by atomic mass is 10.0. The molecule has 0 aromatic heterocycles. The Hall–Kier alpha value is 0.840. The Bertz CT molecular complexity index is 862. The third kappa shape index (κ3) is 12.1. The van der Waals surface area contributed by atoms with Crippen LogP contribution < -0.4 is 9.47 Å². The Kier molecular flexibility index (Phi) is 16.2. The van der Waals surface area contributed by atoms with Gasteiger partial charge in [0.15, 0.2) is 0 Å². The van der Waals surface area contributed by atoms with Crippen LogP contribution >= 0.6 is 95.6 Å². The molecule has 2 aromatic carbocycles. The SMILES string of the molecule is CC(C)COC(CBr)COc1c(Br)cc(Cc2cc(Br)c(OCC(CBr)OCC(C)C)c(Br)c2)cc1Br. The van der Waals surface area contributed by atoms with Gasteiger partial charge in [-0.05, 0) is 117 Å². The highest BCUT2D eigenvalue weighted by Gasteiger charge is 2.17. The van der Waals surface area contributed by atoms with Crippen LogP contribution in [0, 0.1) is 11.8 Å². The minimum atomic E-state index is -0.0112. The standard InChI is InChI=1S/C27H34Br6O4/c1-16(2)12-34-20(10-28)14-36-26-22(30)6-18(7-23(26)31)5-19-8-24(32)27(25(33)9-19)37-15-21(11-29)35-13-17(3)4/h6-9,16-17,20-21H,5,10-15H2,1-4H3. The van der Waals surface area contributed by atoms with Crippen molar-refractivity contribution >= 4 is 95.6 Å². The van der Waals surface area contributed by atoms with E-state index in [1.165, 1.54) is 0 Å². The number of hydrogen-bond acceptors (Lipinski definition) is 4. The van der Waals surface area contributed by atoms with Gasteiger partial charge in [-0.3, -0.25) is 0 Å². The van der Waals surface area contributed by atoms with E-state index in [0.717, 1.165) is 57.6 Å². The molecule has 0 aliphatic rings. The molecule has 0 fully saturated rings. The maximum atomic E-state index is 6.10. The Balaban J connectivity index is 2.05. The van der Waals surface area contributed by atoms with Gasteiger partial charge in [-0.2, -0.15) is 0 Å². The minimum absolute atomic E-state index is 0.0112. The van der Waals surface area contributed by atoms with Gasteiger partial charge >= 0.3 is 0 Å². The van der Waals surface area contributed by atoms with E-state index in [-0.39, 0.29) is 12.2 Å². The van der Waals surface area contributed by atoms with E-state index in [0.29, 0.717) is 38.3 Å². The van der Waals surface area contributed by atoms with Crippen LogP contribution in [-0.2, 0) is 15.9 Å². The van der Waals surface area contributed by atoms with Crippen molar-refractivity contribution in [3.05, 3.63) is 53.3 Å². The Morgan fingerprint density at radius 2 is 0.892 bits per heavy atom. The number of hydrogen-bond donors (Lipinski definition) is 0. The van der Waals surface area contributed by atoms with E-state index in [4.69, 9.17) is 18.9 Å². The van der Waals surface area contributed by atoms with Crippen molar-refractivity contribution < 1.29 is 18.9 Å². The second kappa shape index (κ2) is 17.6. The van der Waals surface area contributed by atoms with Crippen LogP contribution in [0.25, 0.3) is 0 Å². The first-order valence-electron chi connectivity index (χ1n) is 12.1. The van der Waals surface area contributed by atoms with E-state index in [2.05, 4.69) is 148 Å². The first-order chi connectivity index (χ1) is 17.5. The second-order valence-corrected chi connectivity index (χ2v) is 14.3. The van der Waals surface area contributed by atoms with Crippen molar-refractivity contribution in [3.63, 3.8) is 0 Å². The summed E-state index contributed by atoms with van der Waals surface area (Å²) in [7, 11) is 0. The molecule has 0 N–H and O–H groups in total. The molecule has 0 bridgehead atoms. The minimum Gasteiger partial charge on any atom is -0.488 e. The van der Waals surface area contributed by atoms with Crippen LogP contribution in [-0.4, -0.2) is 49.3 Å². The second-order valence-electron chi connectivity index (χ2n) is 9.58. The number of ether oxygens (including phenoxy) is 4. The number of rotatable bonds is 16. The number of alkyl halides is 2. The van der Waals surface area contributed by atoms with Gasteiger partial charge in [-0.15, -0.1) is 0 Å². The van der Waals surface area contributed by atoms with Crippen molar-refractivity contribution in [3.8, 4) is 11.5 Å². The summed E-state index contributed by atoms with van der Waals surface area (Å²) in [5.41, 5.74) is 2.29. The lowest BCUT2D eigenvalue weighted by Gasteiger charge is -2.20. The van der Waals surface area contributed by atoms with Gasteiger partial charge in [0.25, 0.3) is 0 Å². The lowest BCUT2D eigenvalue weighted by Crippen LogP contribution is -2.25. The average Bonchev–Trinajstić information content (AvgIpc) is 2.81. The van der Waals surface area contributed by atoms with Gasteiger partial charge in [-0.25, -0.2) is 0 Å². The molecule has 0 radical (unpaired) electrons. The molecule has 0 amide bonds. The largest absolute Gasteiger partial charge is 0.488 e. The zero-order chi connectivity index (χ0) is 27.5. The maximum absolute atomic E-state index is 6.10. The van der Waals surface area contributed by atoms with Crippen LogP contribution in [0.1, 0.15) is 38.8 Å². The van der Waals surface area contributed by atoms with Gasteiger partial charge in [0.05, 0.1) is 17.9 Å². The average molecular weight is 902 g/mol. The fourth-order valence-electron chi connectivity index (χ4n) is 3.22. The Morgan fingerprint density at radius 1 is 0.568 bits per heavy atom. The molecule has 0 heterocycles. The molecule has 2 unspecified atom stereocenters. The third-order valence-corrected chi connectivity index (χ3v) is 8.83. The Morgan fingerprint density at radius 3 is 1.16 bits per heavy atom. The molecule has 0 saturated carbocycles. The molecule has 0 saturated heterocycles. The highest BCUT2D eigenvalue weighted by atomic mass is 79.9. The topological polar surface area (TPSA) is 36.9 Å². The van der Waals surface area contributed by atoms with Gasteiger partial charge in [-0.1, -0.05) is 59.6 Å². The lowest BCUT2D eigenvalue weighted by molar-refractivity contribution is 0.0214. The molecule has 2 aromatic rings. The summed E-state index contributed by atoms with van der Waals surface area (Å²) in [5, 5.41) is 1.44. The fraction of sp³-hybridized carbons (Fsp3) is 0.556. The first-order valence-corrected chi connectivity index (χ1v) is 17.5. The van der Waals surface area contributed by atoms with Crippen LogP contribution in [0.2, 0.25) is 0 Å². The van der Waals surface area contributed by atoms with E-state index >= 15 is 0 Å². The summed E-state index contributed by atoms with van der Waals surface area (Å²) in [5.74, 6) is 2.51. The smallest absolute Gasteiger partial charge is 0.147 e. The molecule has 0 spiro atoms. The maximum Gasteiger partial charge on any atom is 0.147 e. The van der Waals surface area contributed by atoms with Gasteiger partial charge in [0.2, 0.25) is 0 Å². The van der Waals surface area contributed by atoms with E-state index in [9.17, 15) is 0 Å². The van der Waals surface area contributed by atoms with E-state index in [1.54, 1.807) is 0 Å². The molecule has 2 atom stereocenters. The molecule has 10 heteroatoms. The highest BCUT2D eigenvalue weighted by molar-refractivity contribution is 9.11. The van der Waals surface area contributed by atoms with E-state index < -0.39 is 0 Å². The van der Waals surface area contributed by atoms with Crippen molar-refractivity contribution in [2.75, 3.05) is 37.1 Å². The third-order valence-electron chi connectivity index (χ3n) is 5.03. The van der Waals surface area contributed by atoms with Gasteiger partial charge < -0.3 is 18.9 Å². The van der Waals surface area contributed by atoms with Crippen molar-refractivity contribution in [1.82, 2.24) is 0 Å². The zero-order valence-corrected chi connectivity index (χ0v) is 31.0. The van der Waals surface area contributed by atoms with Crippen molar-refractivity contribution in [2.45, 2.75) is 46.3 Å². The molecular weight excluding hydrogens is 868 g/mol. The summed E-state index contributed by atoms with van der Waals surface area (Å²) >= 11 is 21.8.